The van der Waals surface area contributed by atoms with Gasteiger partial charge in [0.1, 0.15) is 5.69 Å². The second kappa shape index (κ2) is 5.51. The van der Waals surface area contributed by atoms with Crippen LogP contribution in [0.1, 0.15) is 32.3 Å². The molecule has 0 amide bonds. The minimum absolute atomic E-state index is 0. The number of halogens is 3. The molecule has 3 N–H and O–H groups in total. The Hall–Kier alpha value is -1.83. The van der Waals surface area contributed by atoms with Crippen molar-refractivity contribution in [3.05, 3.63) is 33.9 Å². The van der Waals surface area contributed by atoms with Crippen molar-refractivity contribution < 1.29 is 18.1 Å². The zero-order valence-corrected chi connectivity index (χ0v) is 11.9. The minimum Gasteiger partial charge on any atom is -0.361 e. The van der Waals surface area contributed by atoms with Crippen LogP contribution in [0.2, 0.25) is 0 Å². The second-order valence-corrected chi connectivity index (χ2v) is 5.53. The molecule has 0 aromatic heterocycles. The Balaban J connectivity index is 0.00000220. The zero-order chi connectivity index (χ0) is 15.1. The Morgan fingerprint density at radius 2 is 1.95 bits per heavy atom. The lowest BCUT2D eigenvalue weighted by Crippen LogP contribution is -2.38. The van der Waals surface area contributed by atoms with E-state index in [-0.39, 0.29) is 17.4 Å². The normalized spacial score (nSPS) is 17.5. The molecule has 1 saturated heterocycles. The molecule has 8 heteroatoms. The summed E-state index contributed by atoms with van der Waals surface area (Å²) in [7, 11) is 0. The van der Waals surface area contributed by atoms with Crippen LogP contribution in [0.4, 0.5) is 24.5 Å². The topological polar surface area (TPSA) is 81.4 Å². The highest BCUT2D eigenvalue weighted by atomic mass is 19.4. The quantitative estimate of drug-likeness (QED) is 0.657. The lowest BCUT2D eigenvalue weighted by atomic mass is 10.0. The van der Waals surface area contributed by atoms with Gasteiger partial charge in [0.15, 0.2) is 0 Å². The van der Waals surface area contributed by atoms with Gasteiger partial charge < -0.3 is 11.1 Å². The molecule has 0 saturated carbocycles. The first-order chi connectivity index (χ1) is 9.13. The van der Waals surface area contributed by atoms with Gasteiger partial charge in [-0.05, 0) is 38.8 Å². The molecule has 21 heavy (non-hydrogen) atoms. The molecule has 0 unspecified atom stereocenters. The van der Waals surface area contributed by atoms with E-state index in [1.165, 1.54) is 6.07 Å². The van der Waals surface area contributed by atoms with E-state index in [0.717, 1.165) is 18.9 Å². The van der Waals surface area contributed by atoms with Crippen LogP contribution in [0.3, 0.4) is 0 Å². The Bertz CT molecular complexity index is 544. The van der Waals surface area contributed by atoms with E-state index in [1.807, 2.05) is 18.7 Å². The highest BCUT2D eigenvalue weighted by Crippen LogP contribution is 2.41. The molecule has 0 aliphatic carbocycles. The number of nitro groups is 1. The summed E-state index contributed by atoms with van der Waals surface area (Å²) in [5.41, 5.74) is -1.52. The highest BCUT2D eigenvalue weighted by Gasteiger charge is 2.38. The molecule has 1 aliphatic heterocycles. The molecule has 118 valence electrons. The molecule has 1 fully saturated rings. The Kier molecular flexibility index (Phi) is 4.52. The molecule has 2 rings (SSSR count). The third kappa shape index (κ3) is 3.26. The molecule has 0 radical (unpaired) electrons. The van der Waals surface area contributed by atoms with Gasteiger partial charge in [-0.2, -0.15) is 13.2 Å². The smallest absolute Gasteiger partial charge is 0.361 e. The lowest BCUT2D eigenvalue weighted by Gasteiger charge is -2.33. The third-order valence-electron chi connectivity index (χ3n) is 3.69. The Morgan fingerprint density at radius 3 is 2.38 bits per heavy atom. The Labute approximate surface area is 120 Å². The number of rotatable bonds is 2. The molecular formula is C13H18F3N3O2. The number of hydrogen-bond acceptors (Lipinski definition) is 4. The van der Waals surface area contributed by atoms with Gasteiger partial charge >= 0.3 is 6.18 Å². The monoisotopic (exact) mass is 305 g/mol. The zero-order valence-electron chi connectivity index (χ0n) is 11.9. The van der Waals surface area contributed by atoms with Gasteiger partial charge in [-0.1, -0.05) is 0 Å². The average Bonchev–Trinajstić information content (AvgIpc) is 2.66. The first-order valence-electron chi connectivity index (χ1n) is 6.26. The third-order valence-corrected chi connectivity index (χ3v) is 3.69. The van der Waals surface area contributed by atoms with Crippen LogP contribution in [0, 0.1) is 10.1 Å². The molecule has 1 aliphatic rings. The summed E-state index contributed by atoms with van der Waals surface area (Å²) in [6.45, 7) is 4.47. The van der Waals surface area contributed by atoms with Crippen molar-refractivity contribution in [2.24, 2.45) is 0 Å². The molecule has 0 bridgehead atoms. The molecular weight excluding hydrogens is 287 g/mol. The predicted molar refractivity (Wildman–Crippen MR) is 73.8 cm³/mol. The van der Waals surface area contributed by atoms with Crippen molar-refractivity contribution in [1.82, 2.24) is 6.15 Å². The number of anilines is 1. The summed E-state index contributed by atoms with van der Waals surface area (Å²) in [6.07, 6.45) is -2.86. The lowest BCUT2D eigenvalue weighted by molar-refractivity contribution is -0.384. The van der Waals surface area contributed by atoms with E-state index in [2.05, 4.69) is 0 Å². The number of nitrogens with zero attached hydrogens (tertiary/aromatic N) is 2. The maximum atomic E-state index is 12.7. The second-order valence-electron chi connectivity index (χ2n) is 5.53. The SMILES string of the molecule is CC1(C)CCCN1c1ccc(C(F)(F)F)cc1[N+](=O)[O-].N. The molecule has 5 nitrogen and oxygen atoms in total. The van der Waals surface area contributed by atoms with Crippen LogP contribution in [0.5, 0.6) is 0 Å². The number of alkyl halides is 3. The van der Waals surface area contributed by atoms with E-state index >= 15 is 0 Å². The van der Waals surface area contributed by atoms with Crippen molar-refractivity contribution in [3.8, 4) is 0 Å². The minimum atomic E-state index is -4.58. The molecule has 1 aromatic rings. The van der Waals surface area contributed by atoms with E-state index in [4.69, 9.17) is 0 Å². The summed E-state index contributed by atoms with van der Waals surface area (Å²) in [6, 6.07) is 2.72. The van der Waals surface area contributed by atoms with Gasteiger partial charge in [-0.3, -0.25) is 10.1 Å². The van der Waals surface area contributed by atoms with E-state index < -0.39 is 22.4 Å². The van der Waals surface area contributed by atoms with Gasteiger partial charge in [0.25, 0.3) is 5.69 Å². The fourth-order valence-corrected chi connectivity index (χ4v) is 2.63. The van der Waals surface area contributed by atoms with Crippen LogP contribution in [0.15, 0.2) is 18.2 Å². The fraction of sp³-hybridized carbons (Fsp3) is 0.538. The fourth-order valence-electron chi connectivity index (χ4n) is 2.63. The van der Waals surface area contributed by atoms with Crippen LogP contribution in [-0.4, -0.2) is 17.0 Å². The van der Waals surface area contributed by atoms with Gasteiger partial charge in [-0.15, -0.1) is 0 Å². The summed E-state index contributed by atoms with van der Waals surface area (Å²) >= 11 is 0. The summed E-state index contributed by atoms with van der Waals surface area (Å²) in [5, 5.41) is 11.1. The largest absolute Gasteiger partial charge is 0.416 e. The summed E-state index contributed by atoms with van der Waals surface area (Å²) in [4.78, 5) is 12.1. The number of nitro benzene ring substituents is 1. The van der Waals surface area contributed by atoms with Crippen molar-refractivity contribution in [2.45, 2.75) is 38.4 Å². The van der Waals surface area contributed by atoms with E-state index in [9.17, 15) is 23.3 Å². The maximum absolute atomic E-state index is 12.7. The Morgan fingerprint density at radius 1 is 1.33 bits per heavy atom. The molecule has 1 aromatic carbocycles. The average molecular weight is 305 g/mol. The number of hydrogen-bond donors (Lipinski definition) is 1. The van der Waals surface area contributed by atoms with Crippen LogP contribution < -0.4 is 11.1 Å². The van der Waals surface area contributed by atoms with Crippen molar-refractivity contribution in [1.29, 1.82) is 0 Å². The van der Waals surface area contributed by atoms with Crippen LogP contribution in [-0.2, 0) is 6.18 Å². The van der Waals surface area contributed by atoms with E-state index in [1.54, 1.807) is 0 Å². The predicted octanol–water partition coefficient (Wildman–Crippen LogP) is 4.15. The van der Waals surface area contributed by atoms with Crippen LogP contribution >= 0.6 is 0 Å². The number of benzene rings is 1. The molecule has 1 heterocycles. The first-order valence-corrected chi connectivity index (χ1v) is 6.26. The van der Waals surface area contributed by atoms with Gasteiger partial charge in [-0.25, -0.2) is 0 Å². The van der Waals surface area contributed by atoms with Gasteiger partial charge in [0, 0.05) is 18.2 Å². The summed E-state index contributed by atoms with van der Waals surface area (Å²) < 4.78 is 38.0. The first kappa shape index (κ1) is 17.2. The van der Waals surface area contributed by atoms with Crippen LogP contribution in [0.25, 0.3) is 0 Å². The van der Waals surface area contributed by atoms with Crippen molar-refractivity contribution in [2.75, 3.05) is 11.4 Å². The van der Waals surface area contributed by atoms with E-state index in [0.29, 0.717) is 12.6 Å². The van der Waals surface area contributed by atoms with Crippen molar-refractivity contribution in [3.63, 3.8) is 0 Å². The molecule has 0 atom stereocenters. The highest BCUT2D eigenvalue weighted by molar-refractivity contribution is 5.66. The standard InChI is InChI=1S/C13H15F3N2O2.H3N/c1-12(2)6-3-7-17(12)10-5-4-9(13(14,15)16)8-11(10)18(19)20;/h4-5,8H,3,6-7H2,1-2H3;1H3. The maximum Gasteiger partial charge on any atom is 0.416 e. The van der Waals surface area contributed by atoms with Gasteiger partial charge in [0.2, 0.25) is 0 Å². The van der Waals surface area contributed by atoms with Gasteiger partial charge in [0.05, 0.1) is 10.5 Å². The van der Waals surface area contributed by atoms with Crippen molar-refractivity contribution >= 4 is 11.4 Å². The molecule has 0 spiro atoms. The summed E-state index contributed by atoms with van der Waals surface area (Å²) in [5.74, 6) is 0.